The van der Waals surface area contributed by atoms with Crippen LogP contribution in [0.3, 0.4) is 0 Å². The first-order valence-corrected chi connectivity index (χ1v) is 5.59. The Kier molecular flexibility index (Phi) is 8.43. The van der Waals surface area contributed by atoms with Gasteiger partial charge in [-0.2, -0.15) is 0 Å². The van der Waals surface area contributed by atoms with Gasteiger partial charge < -0.3 is 9.84 Å². The Morgan fingerprint density at radius 1 is 1.44 bits per heavy atom. The van der Waals surface area contributed by atoms with Gasteiger partial charge in [-0.1, -0.05) is 26.3 Å². The molecule has 4 nitrogen and oxygen atoms in total. The summed E-state index contributed by atoms with van der Waals surface area (Å²) in [5, 5.41) is 9.39. The summed E-state index contributed by atoms with van der Waals surface area (Å²) >= 11 is 0. The summed E-state index contributed by atoms with van der Waals surface area (Å²) in [6, 6.07) is 0. The number of esters is 1. The molecule has 0 aromatic rings. The minimum Gasteiger partial charge on any atom is -0.460 e. The van der Waals surface area contributed by atoms with Crippen molar-refractivity contribution in [2.24, 2.45) is 0 Å². The molecule has 92 valence electrons. The zero-order valence-electron chi connectivity index (χ0n) is 9.78. The highest BCUT2D eigenvalue weighted by Crippen LogP contribution is 2.04. The molecule has 1 N–H and O–H groups in total. The van der Waals surface area contributed by atoms with Gasteiger partial charge in [0.15, 0.2) is 0 Å². The smallest absolute Gasteiger partial charge is 0.330 e. The molecule has 0 radical (unpaired) electrons. The number of aliphatic hydroxyl groups excluding tert-OH is 1. The first kappa shape index (κ1) is 14.8. The van der Waals surface area contributed by atoms with Gasteiger partial charge in [-0.15, -0.1) is 0 Å². The van der Waals surface area contributed by atoms with Crippen molar-refractivity contribution in [3.8, 4) is 0 Å². The zero-order chi connectivity index (χ0) is 12.4. The summed E-state index contributed by atoms with van der Waals surface area (Å²) in [5.74, 6) is -0.576. The predicted molar refractivity (Wildman–Crippen MR) is 60.9 cm³/mol. The van der Waals surface area contributed by atoms with Gasteiger partial charge >= 0.3 is 5.97 Å². The zero-order valence-corrected chi connectivity index (χ0v) is 9.78. The molecule has 4 heteroatoms. The molecule has 0 aromatic heterocycles. The number of hydrogen-bond donors (Lipinski definition) is 1. The third-order valence-corrected chi connectivity index (χ3v) is 2.11. The van der Waals surface area contributed by atoms with E-state index in [1.807, 2.05) is 0 Å². The molecule has 0 rings (SSSR count). The Morgan fingerprint density at radius 2 is 2.12 bits per heavy atom. The van der Waals surface area contributed by atoms with Crippen LogP contribution in [0, 0.1) is 0 Å². The molecule has 0 bridgehead atoms. The molecule has 0 aromatic carbocycles. The van der Waals surface area contributed by atoms with Crippen molar-refractivity contribution >= 4 is 11.8 Å². The number of carbonyl (C=O) groups is 2. The lowest BCUT2D eigenvalue weighted by Crippen LogP contribution is -2.21. The maximum absolute atomic E-state index is 11.3. The highest BCUT2D eigenvalue weighted by molar-refractivity contribution is 5.81. The van der Waals surface area contributed by atoms with E-state index in [-0.39, 0.29) is 18.8 Å². The van der Waals surface area contributed by atoms with Crippen molar-refractivity contribution in [1.29, 1.82) is 0 Å². The van der Waals surface area contributed by atoms with Crippen molar-refractivity contribution in [2.45, 2.75) is 45.1 Å². The summed E-state index contributed by atoms with van der Waals surface area (Å²) in [6.45, 7) is 5.14. The van der Waals surface area contributed by atoms with E-state index in [9.17, 15) is 14.7 Å². The van der Waals surface area contributed by atoms with Crippen LogP contribution in [0.1, 0.15) is 39.0 Å². The molecule has 0 heterocycles. The van der Waals surface area contributed by atoms with E-state index in [1.165, 1.54) is 0 Å². The van der Waals surface area contributed by atoms with Crippen LogP contribution >= 0.6 is 0 Å². The first-order chi connectivity index (χ1) is 7.60. The van der Waals surface area contributed by atoms with Crippen LogP contribution in [-0.2, 0) is 14.3 Å². The fraction of sp³-hybridized carbons (Fsp3) is 0.667. The number of aliphatic hydroxyl groups is 1. The third-order valence-electron chi connectivity index (χ3n) is 2.11. The van der Waals surface area contributed by atoms with Crippen LogP contribution in [0.25, 0.3) is 0 Å². The van der Waals surface area contributed by atoms with Crippen molar-refractivity contribution in [1.82, 2.24) is 0 Å². The fourth-order valence-electron chi connectivity index (χ4n) is 1.23. The van der Waals surface area contributed by atoms with Crippen LogP contribution < -0.4 is 0 Å². The van der Waals surface area contributed by atoms with Crippen LogP contribution in [-0.4, -0.2) is 29.6 Å². The summed E-state index contributed by atoms with van der Waals surface area (Å²) in [7, 11) is 0. The van der Waals surface area contributed by atoms with Crippen molar-refractivity contribution < 1.29 is 19.4 Å². The van der Waals surface area contributed by atoms with E-state index in [0.717, 1.165) is 25.3 Å². The van der Waals surface area contributed by atoms with E-state index in [1.54, 1.807) is 0 Å². The molecule has 0 saturated carbocycles. The molecule has 0 amide bonds. The lowest BCUT2D eigenvalue weighted by Gasteiger charge is -2.09. The lowest BCUT2D eigenvalue weighted by atomic mass is 10.1. The Bertz CT molecular complexity index is 235. The van der Waals surface area contributed by atoms with Gasteiger partial charge in [-0.05, 0) is 6.42 Å². The highest BCUT2D eigenvalue weighted by atomic mass is 16.5. The van der Waals surface area contributed by atoms with Crippen LogP contribution in [0.15, 0.2) is 12.7 Å². The molecule has 0 spiro atoms. The second-order valence-electron chi connectivity index (χ2n) is 3.69. The molecular weight excluding hydrogens is 208 g/mol. The predicted octanol–water partition coefficient (Wildman–Crippen LogP) is 1.62. The van der Waals surface area contributed by atoms with E-state index in [4.69, 9.17) is 0 Å². The monoisotopic (exact) mass is 228 g/mol. The Balaban J connectivity index is 3.61. The van der Waals surface area contributed by atoms with Crippen LogP contribution in [0.5, 0.6) is 0 Å². The van der Waals surface area contributed by atoms with Gasteiger partial charge in [0.1, 0.15) is 12.4 Å². The van der Waals surface area contributed by atoms with Gasteiger partial charge in [0.05, 0.1) is 6.10 Å². The standard InChI is InChI=1S/C12H20O4/c1-3-5-6-7-10(13)8-11(14)9-16-12(15)4-2/h4,11,14H,2-3,5-9H2,1H3. The number of unbranched alkanes of at least 4 members (excludes halogenated alkanes) is 2. The Hall–Kier alpha value is -1.16. The minimum atomic E-state index is -0.905. The summed E-state index contributed by atoms with van der Waals surface area (Å²) < 4.78 is 4.62. The molecule has 16 heavy (non-hydrogen) atoms. The van der Waals surface area contributed by atoms with E-state index < -0.39 is 12.1 Å². The van der Waals surface area contributed by atoms with E-state index >= 15 is 0 Å². The number of carbonyl (C=O) groups excluding carboxylic acids is 2. The number of Topliss-reactive ketones (excluding diaryl/α,β-unsaturated/α-hetero) is 1. The number of hydrogen-bond acceptors (Lipinski definition) is 4. The highest BCUT2D eigenvalue weighted by Gasteiger charge is 2.12. The molecular formula is C12H20O4. The number of ether oxygens (including phenoxy) is 1. The maximum Gasteiger partial charge on any atom is 0.330 e. The molecule has 0 fully saturated rings. The average Bonchev–Trinajstić information content (AvgIpc) is 2.26. The number of ketones is 1. The average molecular weight is 228 g/mol. The summed E-state index contributed by atoms with van der Waals surface area (Å²) in [4.78, 5) is 22.0. The van der Waals surface area contributed by atoms with Gasteiger partial charge in [0, 0.05) is 18.9 Å². The Morgan fingerprint density at radius 3 is 2.69 bits per heavy atom. The fourth-order valence-corrected chi connectivity index (χ4v) is 1.23. The lowest BCUT2D eigenvalue weighted by molar-refractivity contribution is -0.141. The quantitative estimate of drug-likeness (QED) is 0.370. The van der Waals surface area contributed by atoms with Gasteiger partial charge in [0.25, 0.3) is 0 Å². The molecule has 0 aliphatic carbocycles. The topological polar surface area (TPSA) is 63.6 Å². The molecule has 1 unspecified atom stereocenters. The van der Waals surface area contributed by atoms with E-state index in [2.05, 4.69) is 18.2 Å². The second-order valence-corrected chi connectivity index (χ2v) is 3.69. The van der Waals surface area contributed by atoms with Crippen LogP contribution in [0.4, 0.5) is 0 Å². The van der Waals surface area contributed by atoms with E-state index in [0.29, 0.717) is 6.42 Å². The molecule has 0 aliphatic rings. The molecule has 1 atom stereocenters. The van der Waals surface area contributed by atoms with Gasteiger partial charge in [-0.3, -0.25) is 4.79 Å². The SMILES string of the molecule is C=CC(=O)OCC(O)CC(=O)CCCCC. The summed E-state index contributed by atoms with van der Waals surface area (Å²) in [5.41, 5.74) is 0. The third kappa shape index (κ3) is 8.17. The van der Waals surface area contributed by atoms with Crippen LogP contribution in [0.2, 0.25) is 0 Å². The first-order valence-electron chi connectivity index (χ1n) is 5.59. The van der Waals surface area contributed by atoms with Gasteiger partial charge in [-0.25, -0.2) is 4.79 Å². The summed E-state index contributed by atoms with van der Waals surface area (Å²) in [6.07, 6.45) is 3.59. The molecule has 0 saturated heterocycles. The second kappa shape index (κ2) is 9.09. The Labute approximate surface area is 96.3 Å². The number of rotatable bonds is 9. The largest absolute Gasteiger partial charge is 0.460 e. The van der Waals surface area contributed by atoms with Crippen molar-refractivity contribution in [3.05, 3.63) is 12.7 Å². The van der Waals surface area contributed by atoms with Crippen molar-refractivity contribution in [2.75, 3.05) is 6.61 Å². The normalized spacial score (nSPS) is 11.9. The minimum absolute atomic E-state index is 0.00982. The van der Waals surface area contributed by atoms with Crippen molar-refractivity contribution in [3.63, 3.8) is 0 Å². The van der Waals surface area contributed by atoms with Gasteiger partial charge in [0.2, 0.25) is 0 Å². The molecule has 0 aliphatic heterocycles. The maximum atomic E-state index is 11.3.